The van der Waals surface area contributed by atoms with Crippen LogP contribution >= 0.6 is 11.3 Å². The molecule has 2 aromatic rings. The molecule has 0 spiro atoms. The van der Waals surface area contributed by atoms with Gasteiger partial charge in [0.1, 0.15) is 0 Å². The number of rotatable bonds is 8. The van der Waals surface area contributed by atoms with Crippen molar-refractivity contribution >= 4 is 23.0 Å². The fourth-order valence-corrected chi connectivity index (χ4v) is 4.32. The molecule has 2 N–H and O–H groups in total. The van der Waals surface area contributed by atoms with Crippen LogP contribution in [0.5, 0.6) is 0 Å². The van der Waals surface area contributed by atoms with Crippen LogP contribution in [0.15, 0.2) is 35.5 Å². The maximum atomic E-state index is 4.76. The summed E-state index contributed by atoms with van der Waals surface area (Å²) in [5.41, 5.74) is 2.63. The van der Waals surface area contributed by atoms with Gasteiger partial charge in [-0.3, -0.25) is 4.99 Å². The maximum absolute atomic E-state index is 4.76. The molecule has 0 saturated carbocycles. The van der Waals surface area contributed by atoms with Crippen LogP contribution in [-0.4, -0.2) is 37.1 Å². The van der Waals surface area contributed by atoms with Crippen LogP contribution in [0, 0.1) is 0 Å². The van der Waals surface area contributed by atoms with Gasteiger partial charge in [-0.2, -0.15) is 0 Å². The van der Waals surface area contributed by atoms with E-state index in [0.29, 0.717) is 0 Å². The summed E-state index contributed by atoms with van der Waals surface area (Å²) in [4.78, 5) is 13.1. The second-order valence-corrected chi connectivity index (χ2v) is 8.44. The van der Waals surface area contributed by atoms with Gasteiger partial charge in [0.15, 0.2) is 5.96 Å². The first-order chi connectivity index (χ1) is 13.7. The predicted octanol–water partition coefficient (Wildman–Crippen LogP) is 4.16. The molecule has 0 amide bonds. The molecule has 28 heavy (non-hydrogen) atoms. The third kappa shape index (κ3) is 5.71. The van der Waals surface area contributed by atoms with Crippen molar-refractivity contribution in [3.63, 3.8) is 0 Å². The highest BCUT2D eigenvalue weighted by Gasteiger charge is 2.14. The van der Waals surface area contributed by atoms with Gasteiger partial charge >= 0.3 is 0 Å². The summed E-state index contributed by atoms with van der Waals surface area (Å²) >= 11 is 1.80. The van der Waals surface area contributed by atoms with Crippen molar-refractivity contribution in [3.05, 3.63) is 45.9 Å². The molecule has 0 aliphatic carbocycles. The van der Waals surface area contributed by atoms with Crippen molar-refractivity contribution in [2.75, 3.05) is 31.1 Å². The van der Waals surface area contributed by atoms with E-state index in [9.17, 15) is 0 Å². The van der Waals surface area contributed by atoms with Crippen molar-refractivity contribution < 1.29 is 0 Å². The summed E-state index contributed by atoms with van der Waals surface area (Å²) < 4.78 is 0. The highest BCUT2D eigenvalue weighted by molar-refractivity contribution is 7.11. The van der Waals surface area contributed by atoms with Crippen molar-refractivity contribution in [1.82, 2.24) is 15.6 Å². The summed E-state index contributed by atoms with van der Waals surface area (Å²) in [6.07, 6.45) is 6.53. The molecule has 6 heteroatoms. The molecular formula is C22H33N5S. The van der Waals surface area contributed by atoms with Gasteiger partial charge in [-0.1, -0.05) is 19.1 Å². The van der Waals surface area contributed by atoms with E-state index >= 15 is 0 Å². The third-order valence-corrected chi connectivity index (χ3v) is 6.29. The molecule has 1 aliphatic heterocycles. The van der Waals surface area contributed by atoms with Gasteiger partial charge in [0, 0.05) is 49.4 Å². The molecule has 1 aromatic carbocycles. The first kappa shape index (κ1) is 20.6. The smallest absolute Gasteiger partial charge is 0.191 e. The van der Waals surface area contributed by atoms with Crippen molar-refractivity contribution in [2.45, 2.75) is 52.5 Å². The zero-order chi connectivity index (χ0) is 19.8. The number of aromatic nitrogens is 1. The molecule has 0 radical (unpaired) electrons. The Morgan fingerprint density at radius 3 is 2.82 bits per heavy atom. The summed E-state index contributed by atoms with van der Waals surface area (Å²) in [6, 6.07) is 9.10. The van der Waals surface area contributed by atoms with E-state index in [1.807, 2.05) is 6.20 Å². The normalized spacial score (nSPS) is 15.7. The number of thiazole rings is 1. The number of anilines is 1. The Hall–Kier alpha value is -2.08. The van der Waals surface area contributed by atoms with Crippen LogP contribution in [0.2, 0.25) is 0 Å². The summed E-state index contributed by atoms with van der Waals surface area (Å²) in [5.74, 6) is 0.869. The summed E-state index contributed by atoms with van der Waals surface area (Å²) in [6.45, 7) is 10.4. The molecule has 5 nitrogen and oxygen atoms in total. The predicted molar refractivity (Wildman–Crippen MR) is 121 cm³/mol. The molecule has 1 atom stereocenters. The lowest BCUT2D eigenvalue weighted by Gasteiger charge is -2.22. The number of guanidine groups is 1. The molecule has 1 fully saturated rings. The number of hydrogen-bond donors (Lipinski definition) is 2. The monoisotopic (exact) mass is 399 g/mol. The maximum Gasteiger partial charge on any atom is 0.191 e. The second-order valence-electron chi connectivity index (χ2n) is 7.24. The fraction of sp³-hybridized carbons (Fsp3) is 0.545. The first-order valence-electron chi connectivity index (χ1n) is 10.5. The lowest BCUT2D eigenvalue weighted by molar-refractivity contribution is 0.685. The second kappa shape index (κ2) is 10.5. The van der Waals surface area contributed by atoms with Gasteiger partial charge in [0.25, 0.3) is 0 Å². The van der Waals surface area contributed by atoms with Gasteiger partial charge in [-0.15, -0.1) is 11.3 Å². The average Bonchev–Trinajstić information content (AvgIpc) is 3.40. The number of nitrogens with zero attached hydrogens (tertiary/aromatic N) is 3. The number of nitrogens with one attached hydrogen (secondary N) is 2. The lowest BCUT2D eigenvalue weighted by atomic mass is 10.1. The minimum Gasteiger partial charge on any atom is -0.372 e. The van der Waals surface area contributed by atoms with Crippen LogP contribution in [-0.2, 0) is 12.8 Å². The Morgan fingerprint density at radius 1 is 1.29 bits per heavy atom. The topological polar surface area (TPSA) is 52.6 Å². The first-order valence-corrected chi connectivity index (χ1v) is 11.3. The highest BCUT2D eigenvalue weighted by Crippen LogP contribution is 2.24. The molecule has 1 aromatic heterocycles. The zero-order valence-corrected chi connectivity index (χ0v) is 18.2. The number of hydrogen-bond acceptors (Lipinski definition) is 4. The number of benzene rings is 1. The van der Waals surface area contributed by atoms with Crippen LogP contribution in [0.1, 0.15) is 55.1 Å². The van der Waals surface area contributed by atoms with Crippen LogP contribution in [0.25, 0.3) is 0 Å². The molecular weight excluding hydrogens is 366 g/mol. The molecule has 3 rings (SSSR count). The largest absolute Gasteiger partial charge is 0.372 e. The van der Waals surface area contributed by atoms with E-state index in [4.69, 9.17) is 4.99 Å². The van der Waals surface area contributed by atoms with E-state index in [-0.39, 0.29) is 6.04 Å². The van der Waals surface area contributed by atoms with Gasteiger partial charge in [-0.25, -0.2) is 4.98 Å². The van der Waals surface area contributed by atoms with Gasteiger partial charge in [0.05, 0.1) is 11.0 Å². The van der Waals surface area contributed by atoms with Crippen LogP contribution in [0.3, 0.4) is 0 Å². The highest BCUT2D eigenvalue weighted by atomic mass is 32.1. The standard InChI is InChI=1S/C22H33N5S/c1-4-20-16-25-21(28-20)11-12-24-22(23-5-2)26-17(3)18-9-8-10-19(15-18)27-13-6-7-14-27/h8-10,15-17H,4-7,11-14H2,1-3H3,(H2,23,24,26). The average molecular weight is 400 g/mol. The van der Waals surface area contributed by atoms with E-state index in [1.165, 1.54) is 47.1 Å². The van der Waals surface area contributed by atoms with E-state index < -0.39 is 0 Å². The SMILES string of the molecule is CCNC(=NCCc1ncc(CC)s1)NC(C)c1cccc(N2CCCC2)c1. The Balaban J connectivity index is 1.60. The minimum absolute atomic E-state index is 0.201. The lowest BCUT2D eigenvalue weighted by Crippen LogP contribution is -2.39. The van der Waals surface area contributed by atoms with E-state index in [2.05, 4.69) is 65.6 Å². The zero-order valence-electron chi connectivity index (χ0n) is 17.4. The summed E-state index contributed by atoms with van der Waals surface area (Å²) in [5, 5.41) is 8.09. The molecule has 1 saturated heterocycles. The van der Waals surface area contributed by atoms with Crippen molar-refractivity contribution in [3.8, 4) is 0 Å². The Morgan fingerprint density at radius 2 is 2.11 bits per heavy atom. The Kier molecular flexibility index (Phi) is 7.71. The molecule has 152 valence electrons. The number of aliphatic imine (C=N–C) groups is 1. The van der Waals surface area contributed by atoms with E-state index in [1.54, 1.807) is 11.3 Å². The van der Waals surface area contributed by atoms with Gasteiger partial charge < -0.3 is 15.5 Å². The third-order valence-electron chi connectivity index (χ3n) is 5.08. The quantitative estimate of drug-likeness (QED) is 0.517. The minimum atomic E-state index is 0.201. The Bertz CT molecular complexity index is 764. The van der Waals surface area contributed by atoms with Gasteiger partial charge in [-0.05, 0) is 50.8 Å². The van der Waals surface area contributed by atoms with Crippen LogP contribution < -0.4 is 15.5 Å². The molecule has 1 unspecified atom stereocenters. The Labute approximate surface area is 173 Å². The summed E-state index contributed by atoms with van der Waals surface area (Å²) in [7, 11) is 0. The number of aryl methyl sites for hydroxylation is 1. The fourth-order valence-electron chi connectivity index (χ4n) is 3.47. The van der Waals surface area contributed by atoms with Crippen molar-refractivity contribution in [2.24, 2.45) is 4.99 Å². The van der Waals surface area contributed by atoms with E-state index in [0.717, 1.165) is 31.9 Å². The molecule has 0 bridgehead atoms. The molecule has 1 aliphatic rings. The van der Waals surface area contributed by atoms with Crippen LogP contribution in [0.4, 0.5) is 5.69 Å². The van der Waals surface area contributed by atoms with Gasteiger partial charge in [0.2, 0.25) is 0 Å². The molecule has 2 heterocycles. The van der Waals surface area contributed by atoms with Crippen molar-refractivity contribution in [1.29, 1.82) is 0 Å².